The van der Waals surface area contributed by atoms with Crippen molar-refractivity contribution in [1.82, 2.24) is 0 Å². The minimum absolute atomic E-state index is 0.654. The Labute approximate surface area is 385 Å². The molecule has 16 aliphatic carbocycles. The van der Waals surface area contributed by atoms with Crippen LogP contribution in [0.5, 0.6) is 0 Å². The molecule has 0 nitrogen and oxygen atoms in total. The first-order valence-electron chi connectivity index (χ1n) is 24.2. The lowest BCUT2D eigenvalue weighted by Crippen LogP contribution is -2.09. The Hall–Kier alpha value is -6.34. The van der Waals surface area contributed by atoms with Crippen molar-refractivity contribution in [3.8, 4) is 90.4 Å². The smallest absolute Gasteiger partial charge is 0.0334 e. The minimum Gasteiger partial charge on any atom is -0.101 e. The fraction of sp³-hybridized carbons (Fsp3) is 0.281. The zero-order valence-corrected chi connectivity index (χ0v) is 39.1. The molecule has 0 aliphatic heterocycles. The Morgan fingerprint density at radius 1 is 0.375 bits per heavy atom. The van der Waals surface area contributed by atoms with Crippen molar-refractivity contribution in [3.63, 3.8) is 0 Å². The molecule has 64 heavy (non-hydrogen) atoms. The molecule has 16 aliphatic rings. The summed E-state index contributed by atoms with van der Waals surface area (Å²) in [6, 6.07) is 54.4. The summed E-state index contributed by atoms with van der Waals surface area (Å²) < 4.78 is 0. The highest BCUT2D eigenvalue weighted by atomic mass is 14.2. The molecule has 2 atom stereocenters. The topological polar surface area (TPSA) is 0 Å². The van der Waals surface area contributed by atoms with Crippen LogP contribution in [-0.4, -0.2) is 0 Å². The van der Waals surface area contributed by atoms with Crippen LogP contribution < -0.4 is 0 Å². The van der Waals surface area contributed by atoms with Crippen molar-refractivity contribution >= 4 is 0 Å². The highest BCUT2D eigenvalue weighted by Crippen LogP contribution is 2.36. The molecule has 0 radical (unpaired) electrons. The zero-order chi connectivity index (χ0) is 44.4. The van der Waals surface area contributed by atoms with E-state index in [-0.39, 0.29) is 0 Å². The van der Waals surface area contributed by atoms with Gasteiger partial charge in [-0.25, -0.2) is 0 Å². The maximum Gasteiger partial charge on any atom is 0.0334 e. The third-order valence-corrected chi connectivity index (χ3v) is 13.8. The van der Waals surface area contributed by atoms with Crippen LogP contribution in [0.25, 0.3) is 66.8 Å². The summed E-state index contributed by atoms with van der Waals surface area (Å²) in [5, 5.41) is 0. The summed E-state index contributed by atoms with van der Waals surface area (Å²) in [5.74, 6) is 15.8. The number of unbranched alkanes of at least 4 members (excludes halogenated alkanes) is 2. The molecular formula is C64H64. The van der Waals surface area contributed by atoms with Gasteiger partial charge in [-0.3, -0.25) is 0 Å². The van der Waals surface area contributed by atoms with Crippen LogP contribution in [0.3, 0.4) is 0 Å². The monoisotopic (exact) mass is 833 g/mol. The number of benzene rings is 7. The first kappa shape index (κ1) is 44.3. The number of aryl methyl sites for hydroxylation is 1. The van der Waals surface area contributed by atoms with Gasteiger partial charge in [0.05, 0.1) is 0 Å². The summed E-state index contributed by atoms with van der Waals surface area (Å²) in [4.78, 5) is 0. The summed E-state index contributed by atoms with van der Waals surface area (Å²) in [6.07, 6.45) is 12.2. The molecule has 0 saturated carbocycles. The molecule has 0 amide bonds. The molecule has 0 aromatic heterocycles. The standard InChI is InChI=1S/C64H64/c1-7-12-15-46(10-4)40-61-42-58(62(39-45(61)6)41-47(11-5)16-13-8-2)37-38-60-44-63-56-33-29-54(30-34-56)52-25-21-50(22-26-52)48-17-19-49(20-18-48)51-23-27-53(28-24-51)55-31-35-57(36-32-55)64(60)43-59(63)14-9-3/h17-36,39,42-44,46-47H,7-8,10-13,15-16,40-41H2,1-6H3. The molecule has 7 aromatic carbocycles. The van der Waals surface area contributed by atoms with Gasteiger partial charge >= 0.3 is 0 Å². The molecule has 7 aromatic rings. The highest BCUT2D eigenvalue weighted by molar-refractivity contribution is 5.84. The van der Waals surface area contributed by atoms with Crippen LogP contribution in [0.2, 0.25) is 0 Å². The van der Waals surface area contributed by atoms with Crippen molar-refractivity contribution in [3.05, 3.63) is 179 Å². The van der Waals surface area contributed by atoms with Gasteiger partial charge in [-0.1, -0.05) is 224 Å². The second-order valence-electron chi connectivity index (χ2n) is 18.1. The maximum absolute atomic E-state index is 3.86. The number of hydrogen-bond donors (Lipinski definition) is 0. The van der Waals surface area contributed by atoms with Crippen molar-refractivity contribution < 1.29 is 0 Å². The van der Waals surface area contributed by atoms with E-state index >= 15 is 0 Å². The van der Waals surface area contributed by atoms with Gasteiger partial charge in [-0.2, -0.15) is 0 Å². The second kappa shape index (κ2) is 20.9. The maximum atomic E-state index is 3.86. The van der Waals surface area contributed by atoms with Gasteiger partial charge in [-0.15, -0.1) is 5.92 Å². The largest absolute Gasteiger partial charge is 0.101 e. The summed E-state index contributed by atoms with van der Waals surface area (Å²) in [6.45, 7) is 13.6. The Bertz CT molecular complexity index is 2790. The van der Waals surface area contributed by atoms with Gasteiger partial charge in [0.25, 0.3) is 0 Å². The fourth-order valence-electron chi connectivity index (χ4n) is 9.63. The quantitative estimate of drug-likeness (QED) is 0.108. The second-order valence-corrected chi connectivity index (χ2v) is 18.1. The fourth-order valence-corrected chi connectivity index (χ4v) is 9.63. The van der Waals surface area contributed by atoms with Crippen LogP contribution in [0, 0.1) is 42.4 Å². The molecule has 0 spiro atoms. The van der Waals surface area contributed by atoms with E-state index in [1.807, 2.05) is 6.92 Å². The molecule has 12 bridgehead atoms. The average Bonchev–Trinajstić information content (AvgIpc) is 3.34. The molecule has 0 heteroatoms. The van der Waals surface area contributed by atoms with Crippen molar-refractivity contribution in [2.45, 2.75) is 106 Å². The SMILES string of the molecule is CC#Cc1cc2c(C#Cc3cc(CC(CC)CCCC)c(C)cc3CC(CC)CCCC)cc1-c1ccc(cc1)-c1ccc(cc1)-c1ccc(cc1)-c1ccc(cc1)-c1ccc-2cc1. The van der Waals surface area contributed by atoms with Gasteiger partial charge in [0.1, 0.15) is 0 Å². The number of rotatable bonds is 12. The van der Waals surface area contributed by atoms with Crippen LogP contribution in [0.4, 0.5) is 0 Å². The third kappa shape index (κ3) is 10.2. The van der Waals surface area contributed by atoms with Gasteiger partial charge in [0.15, 0.2) is 0 Å². The van der Waals surface area contributed by atoms with E-state index in [4.69, 9.17) is 0 Å². The average molecular weight is 833 g/mol. The molecule has 2 unspecified atom stereocenters. The van der Waals surface area contributed by atoms with E-state index in [0.29, 0.717) is 11.8 Å². The van der Waals surface area contributed by atoms with Crippen LogP contribution in [0.1, 0.15) is 119 Å². The van der Waals surface area contributed by atoms with E-state index in [0.717, 1.165) is 46.2 Å². The van der Waals surface area contributed by atoms with E-state index in [1.165, 1.54) is 118 Å². The summed E-state index contributed by atoms with van der Waals surface area (Å²) >= 11 is 0. The van der Waals surface area contributed by atoms with Gasteiger partial charge in [0.2, 0.25) is 0 Å². The predicted molar refractivity (Wildman–Crippen MR) is 276 cm³/mol. The molecule has 23 rings (SSSR count). The van der Waals surface area contributed by atoms with E-state index in [1.54, 1.807) is 0 Å². The van der Waals surface area contributed by atoms with E-state index in [2.05, 4.69) is 204 Å². The van der Waals surface area contributed by atoms with E-state index < -0.39 is 0 Å². The van der Waals surface area contributed by atoms with E-state index in [9.17, 15) is 0 Å². The Balaban J connectivity index is 1.29. The van der Waals surface area contributed by atoms with Gasteiger partial charge in [0, 0.05) is 16.7 Å². The zero-order valence-electron chi connectivity index (χ0n) is 39.1. The molecular weight excluding hydrogens is 769 g/mol. The lowest BCUT2D eigenvalue weighted by Gasteiger charge is -2.20. The van der Waals surface area contributed by atoms with Gasteiger partial charge in [-0.05, 0) is 140 Å². The van der Waals surface area contributed by atoms with Crippen molar-refractivity contribution in [2.75, 3.05) is 0 Å². The lowest BCUT2D eigenvalue weighted by molar-refractivity contribution is 0.445. The van der Waals surface area contributed by atoms with Crippen LogP contribution >= 0.6 is 0 Å². The Morgan fingerprint density at radius 3 is 1.05 bits per heavy atom. The van der Waals surface area contributed by atoms with Crippen molar-refractivity contribution in [1.29, 1.82) is 0 Å². The third-order valence-electron chi connectivity index (χ3n) is 13.8. The highest BCUT2D eigenvalue weighted by Gasteiger charge is 2.17. The first-order valence-corrected chi connectivity index (χ1v) is 24.2. The summed E-state index contributed by atoms with van der Waals surface area (Å²) in [5.41, 5.74) is 21.6. The van der Waals surface area contributed by atoms with Crippen molar-refractivity contribution in [2.24, 2.45) is 11.8 Å². The first-order chi connectivity index (χ1) is 31.4. The minimum atomic E-state index is 0.654. The van der Waals surface area contributed by atoms with Gasteiger partial charge < -0.3 is 0 Å². The Morgan fingerprint density at radius 2 is 0.703 bits per heavy atom. The lowest BCUT2D eigenvalue weighted by atomic mass is 9.85. The number of hydrogen-bond acceptors (Lipinski definition) is 0. The molecule has 0 heterocycles. The molecule has 0 fully saturated rings. The van der Waals surface area contributed by atoms with Crippen LogP contribution in [-0.2, 0) is 12.8 Å². The normalized spacial score (nSPS) is 12.2. The molecule has 0 saturated heterocycles. The Kier molecular flexibility index (Phi) is 14.5. The van der Waals surface area contributed by atoms with Crippen LogP contribution in [0.15, 0.2) is 146 Å². The summed E-state index contributed by atoms with van der Waals surface area (Å²) in [7, 11) is 0. The predicted octanol–water partition coefficient (Wildman–Crippen LogP) is 17.6. The molecule has 320 valence electrons. The molecule has 0 N–H and O–H groups in total.